The standard InChI is InChI=1S/C11H16FNO2S/c1-3-9(2)13-16(14,15)8-10-4-6-11(12)7-5-10/h4-7,9,13H,3,8H2,1-2H3/t9-/m0/s1. The van der Waals surface area contributed by atoms with Gasteiger partial charge in [0.1, 0.15) is 5.82 Å². The predicted molar refractivity (Wildman–Crippen MR) is 61.9 cm³/mol. The highest BCUT2D eigenvalue weighted by Gasteiger charge is 2.13. The highest BCUT2D eigenvalue weighted by Crippen LogP contribution is 2.07. The lowest BCUT2D eigenvalue weighted by molar-refractivity contribution is 0.555. The summed E-state index contributed by atoms with van der Waals surface area (Å²) in [4.78, 5) is 0. The fourth-order valence-electron chi connectivity index (χ4n) is 1.23. The van der Waals surface area contributed by atoms with Crippen LogP contribution in [0, 0.1) is 5.82 Å². The fourth-order valence-corrected chi connectivity index (χ4v) is 2.73. The smallest absolute Gasteiger partial charge is 0.212 e. The molecule has 0 aromatic heterocycles. The minimum absolute atomic E-state index is 0.0783. The maximum atomic E-state index is 12.6. The first-order chi connectivity index (χ1) is 7.43. The van der Waals surface area contributed by atoms with E-state index in [0.29, 0.717) is 5.56 Å². The van der Waals surface area contributed by atoms with Crippen LogP contribution in [0.1, 0.15) is 25.8 Å². The molecule has 0 bridgehead atoms. The molecule has 0 unspecified atom stereocenters. The number of hydrogen-bond donors (Lipinski definition) is 1. The van der Waals surface area contributed by atoms with Crippen molar-refractivity contribution in [2.24, 2.45) is 0 Å². The van der Waals surface area contributed by atoms with E-state index in [1.54, 1.807) is 0 Å². The summed E-state index contributed by atoms with van der Waals surface area (Å²) < 4.78 is 38.5. The van der Waals surface area contributed by atoms with E-state index < -0.39 is 10.0 Å². The van der Waals surface area contributed by atoms with Gasteiger partial charge in [-0.3, -0.25) is 0 Å². The molecule has 0 fully saturated rings. The van der Waals surface area contributed by atoms with E-state index in [0.717, 1.165) is 6.42 Å². The quantitative estimate of drug-likeness (QED) is 0.863. The van der Waals surface area contributed by atoms with Crippen LogP contribution in [-0.2, 0) is 15.8 Å². The maximum absolute atomic E-state index is 12.6. The molecule has 1 aromatic rings. The summed E-state index contributed by atoms with van der Waals surface area (Å²) in [6.45, 7) is 3.72. The largest absolute Gasteiger partial charge is 0.216 e. The molecule has 16 heavy (non-hydrogen) atoms. The van der Waals surface area contributed by atoms with Crippen molar-refractivity contribution in [3.8, 4) is 0 Å². The van der Waals surface area contributed by atoms with E-state index in [9.17, 15) is 12.8 Å². The van der Waals surface area contributed by atoms with Crippen LogP contribution in [0.15, 0.2) is 24.3 Å². The lowest BCUT2D eigenvalue weighted by atomic mass is 10.2. The maximum Gasteiger partial charge on any atom is 0.216 e. The van der Waals surface area contributed by atoms with Crippen LogP contribution in [0.4, 0.5) is 4.39 Å². The molecule has 1 rings (SSSR count). The molecule has 0 spiro atoms. The summed E-state index contributed by atoms with van der Waals surface area (Å²) in [7, 11) is -3.33. The number of hydrogen-bond acceptors (Lipinski definition) is 2. The molecular weight excluding hydrogens is 229 g/mol. The van der Waals surface area contributed by atoms with Crippen molar-refractivity contribution in [1.29, 1.82) is 0 Å². The van der Waals surface area contributed by atoms with Gasteiger partial charge in [0.15, 0.2) is 0 Å². The topological polar surface area (TPSA) is 46.2 Å². The van der Waals surface area contributed by atoms with Crippen LogP contribution in [0.2, 0.25) is 0 Å². The van der Waals surface area contributed by atoms with Crippen LogP contribution in [0.5, 0.6) is 0 Å². The number of nitrogens with one attached hydrogen (secondary N) is 1. The Hall–Kier alpha value is -0.940. The zero-order valence-corrected chi connectivity index (χ0v) is 10.2. The van der Waals surface area contributed by atoms with E-state index in [1.165, 1.54) is 24.3 Å². The Morgan fingerprint density at radius 3 is 2.38 bits per heavy atom. The number of sulfonamides is 1. The second-order valence-corrected chi connectivity index (χ2v) is 5.57. The number of halogens is 1. The van der Waals surface area contributed by atoms with Gasteiger partial charge in [-0.25, -0.2) is 17.5 Å². The molecule has 0 aliphatic rings. The molecule has 0 radical (unpaired) electrons. The molecule has 1 aromatic carbocycles. The monoisotopic (exact) mass is 245 g/mol. The highest BCUT2D eigenvalue weighted by molar-refractivity contribution is 7.88. The minimum Gasteiger partial charge on any atom is -0.212 e. The van der Waals surface area contributed by atoms with Gasteiger partial charge in [-0.1, -0.05) is 19.1 Å². The van der Waals surface area contributed by atoms with E-state index in [-0.39, 0.29) is 17.6 Å². The van der Waals surface area contributed by atoms with Gasteiger partial charge in [-0.2, -0.15) is 0 Å². The van der Waals surface area contributed by atoms with Crippen LogP contribution in [0.3, 0.4) is 0 Å². The second kappa shape index (κ2) is 5.41. The molecule has 3 nitrogen and oxygen atoms in total. The molecule has 0 saturated carbocycles. The SMILES string of the molecule is CC[C@H](C)NS(=O)(=O)Cc1ccc(F)cc1. The Bertz CT molecular complexity index is 428. The summed E-state index contributed by atoms with van der Waals surface area (Å²) >= 11 is 0. The molecule has 0 amide bonds. The van der Waals surface area contributed by atoms with Gasteiger partial charge < -0.3 is 0 Å². The first-order valence-corrected chi connectivity index (χ1v) is 6.82. The van der Waals surface area contributed by atoms with Crippen molar-refractivity contribution in [3.05, 3.63) is 35.6 Å². The summed E-state index contributed by atoms with van der Waals surface area (Å²) in [5, 5.41) is 0. The van der Waals surface area contributed by atoms with Gasteiger partial charge in [0.2, 0.25) is 10.0 Å². The normalized spacial score (nSPS) is 13.7. The lowest BCUT2D eigenvalue weighted by Gasteiger charge is -2.11. The third kappa shape index (κ3) is 4.28. The first-order valence-electron chi connectivity index (χ1n) is 5.17. The lowest BCUT2D eigenvalue weighted by Crippen LogP contribution is -2.32. The van der Waals surface area contributed by atoms with Gasteiger partial charge in [0, 0.05) is 6.04 Å². The van der Waals surface area contributed by atoms with Crippen molar-refractivity contribution < 1.29 is 12.8 Å². The van der Waals surface area contributed by atoms with Crippen molar-refractivity contribution >= 4 is 10.0 Å². The molecule has 0 aliphatic carbocycles. The highest BCUT2D eigenvalue weighted by atomic mass is 32.2. The summed E-state index contributed by atoms with van der Waals surface area (Å²) in [5.74, 6) is -0.478. The molecule has 1 atom stereocenters. The number of rotatable bonds is 5. The van der Waals surface area contributed by atoms with Crippen LogP contribution in [0.25, 0.3) is 0 Å². The van der Waals surface area contributed by atoms with Gasteiger partial charge in [-0.15, -0.1) is 0 Å². The van der Waals surface area contributed by atoms with Crippen LogP contribution in [-0.4, -0.2) is 14.5 Å². The van der Waals surface area contributed by atoms with E-state index >= 15 is 0 Å². The zero-order chi connectivity index (χ0) is 12.2. The van der Waals surface area contributed by atoms with Crippen LogP contribution >= 0.6 is 0 Å². The summed E-state index contributed by atoms with van der Waals surface area (Å²) in [5.41, 5.74) is 0.581. The van der Waals surface area contributed by atoms with Crippen LogP contribution < -0.4 is 4.72 Å². The molecule has 1 N–H and O–H groups in total. The van der Waals surface area contributed by atoms with Gasteiger partial charge in [-0.05, 0) is 31.0 Å². The van der Waals surface area contributed by atoms with Gasteiger partial charge in [0.25, 0.3) is 0 Å². The predicted octanol–water partition coefficient (Wildman–Crippen LogP) is 2.04. The van der Waals surface area contributed by atoms with Crippen molar-refractivity contribution in [1.82, 2.24) is 4.72 Å². The molecule has 90 valence electrons. The zero-order valence-electron chi connectivity index (χ0n) is 9.40. The number of benzene rings is 1. The first kappa shape index (κ1) is 13.1. The van der Waals surface area contributed by atoms with E-state index in [4.69, 9.17) is 0 Å². The molecule has 0 heterocycles. The third-order valence-corrected chi connectivity index (χ3v) is 3.74. The molecule has 5 heteroatoms. The fraction of sp³-hybridized carbons (Fsp3) is 0.455. The Morgan fingerprint density at radius 1 is 1.31 bits per heavy atom. The third-order valence-electron chi connectivity index (χ3n) is 2.26. The Morgan fingerprint density at radius 2 is 1.88 bits per heavy atom. The molecule has 0 saturated heterocycles. The average molecular weight is 245 g/mol. The Kier molecular flexibility index (Phi) is 4.44. The van der Waals surface area contributed by atoms with E-state index in [2.05, 4.69) is 4.72 Å². The Balaban J connectivity index is 2.69. The molecular formula is C11H16FNO2S. The average Bonchev–Trinajstić information content (AvgIpc) is 2.20. The van der Waals surface area contributed by atoms with E-state index in [1.807, 2.05) is 13.8 Å². The van der Waals surface area contributed by atoms with Crippen molar-refractivity contribution in [2.75, 3.05) is 0 Å². The van der Waals surface area contributed by atoms with Crippen molar-refractivity contribution in [3.63, 3.8) is 0 Å². The summed E-state index contributed by atoms with van der Waals surface area (Å²) in [6, 6.07) is 5.39. The minimum atomic E-state index is -3.33. The molecule has 0 aliphatic heterocycles. The summed E-state index contributed by atoms with van der Waals surface area (Å²) in [6.07, 6.45) is 0.739. The Labute approximate surface area is 95.7 Å². The van der Waals surface area contributed by atoms with Gasteiger partial charge >= 0.3 is 0 Å². The van der Waals surface area contributed by atoms with Gasteiger partial charge in [0.05, 0.1) is 5.75 Å². The second-order valence-electron chi connectivity index (χ2n) is 3.81. The van der Waals surface area contributed by atoms with Crippen molar-refractivity contribution in [2.45, 2.75) is 32.1 Å².